The number of hydrogen-bond acceptors (Lipinski definition) is 7. The molecule has 0 bridgehead atoms. The van der Waals surface area contributed by atoms with Gasteiger partial charge in [-0.15, -0.1) is 0 Å². The number of aliphatic carboxylic acids is 1. The van der Waals surface area contributed by atoms with Crippen molar-refractivity contribution in [1.29, 1.82) is 0 Å². The monoisotopic (exact) mass is 558 g/mol. The highest BCUT2D eigenvalue weighted by molar-refractivity contribution is 7.88. The fraction of sp³-hybridized carbons (Fsp3) is 0.840. The van der Waals surface area contributed by atoms with Crippen LogP contribution in [-0.2, 0) is 29.1 Å². The Balaban J connectivity index is 1.84. The first-order chi connectivity index (χ1) is 17.5. The van der Waals surface area contributed by atoms with E-state index in [9.17, 15) is 32.7 Å². The van der Waals surface area contributed by atoms with Crippen molar-refractivity contribution in [3.63, 3.8) is 0 Å². The number of hydrogen-bond donors (Lipinski definition) is 2. The largest absolute Gasteiger partial charge is 0.481 e. The Hall–Kier alpha value is -2.41. The summed E-state index contributed by atoms with van der Waals surface area (Å²) in [4.78, 5) is 54.5. The van der Waals surface area contributed by atoms with Gasteiger partial charge in [0.25, 0.3) is 0 Å². The summed E-state index contributed by atoms with van der Waals surface area (Å²) >= 11 is 0. The summed E-state index contributed by atoms with van der Waals surface area (Å²) in [6.07, 6.45) is 5.01. The van der Waals surface area contributed by atoms with E-state index in [1.54, 1.807) is 27.7 Å². The van der Waals surface area contributed by atoms with Crippen LogP contribution in [0.1, 0.15) is 66.2 Å². The van der Waals surface area contributed by atoms with Crippen molar-refractivity contribution >= 4 is 33.9 Å². The minimum Gasteiger partial charge on any atom is -0.481 e. The molecule has 2 aliphatic heterocycles. The Morgan fingerprint density at radius 1 is 1.08 bits per heavy atom. The number of carbonyl (C=O) groups is 4. The van der Waals surface area contributed by atoms with Gasteiger partial charge in [0.15, 0.2) is 0 Å². The number of sulfonamides is 1. The summed E-state index contributed by atoms with van der Waals surface area (Å²) in [5.41, 5.74) is -0.740. The van der Waals surface area contributed by atoms with E-state index in [1.165, 1.54) is 21.2 Å². The summed E-state index contributed by atoms with van der Waals surface area (Å²) in [5.74, 6) is -3.27. The zero-order chi connectivity index (χ0) is 28.6. The van der Waals surface area contributed by atoms with E-state index in [2.05, 4.69) is 5.32 Å². The van der Waals surface area contributed by atoms with Crippen molar-refractivity contribution in [2.75, 3.05) is 26.4 Å². The number of nitrogens with zero attached hydrogens (tertiary/aromatic N) is 3. The lowest BCUT2D eigenvalue weighted by Gasteiger charge is -2.36. The molecule has 2 heterocycles. The van der Waals surface area contributed by atoms with Crippen LogP contribution >= 0.6 is 0 Å². The molecule has 3 fully saturated rings. The van der Waals surface area contributed by atoms with Crippen LogP contribution < -0.4 is 5.32 Å². The van der Waals surface area contributed by atoms with Gasteiger partial charge >= 0.3 is 12.1 Å². The second-order valence-corrected chi connectivity index (χ2v) is 13.7. The van der Waals surface area contributed by atoms with E-state index < -0.39 is 69.6 Å². The number of carbonyl (C=O) groups excluding carboxylic acids is 3. The highest BCUT2D eigenvalue weighted by atomic mass is 32.2. The average molecular weight is 559 g/mol. The van der Waals surface area contributed by atoms with E-state index in [-0.39, 0.29) is 19.0 Å². The molecule has 0 aromatic carbocycles. The third-order valence-corrected chi connectivity index (χ3v) is 9.20. The van der Waals surface area contributed by atoms with Crippen molar-refractivity contribution in [2.24, 2.45) is 11.8 Å². The van der Waals surface area contributed by atoms with Gasteiger partial charge in [-0.05, 0) is 52.9 Å². The fourth-order valence-electron chi connectivity index (χ4n) is 5.87. The lowest BCUT2D eigenvalue weighted by molar-refractivity contribution is -0.146. The molecular formula is C25H42N4O8S. The number of carboxylic acids is 1. The quantitative estimate of drug-likeness (QED) is 0.473. The SMILES string of the molecule is C[C@@H](C(=O)N[C@H](C(=O)N1CC[C@@H]2[C@H]1[C@@H](C(=O)O)CN2S(C)(=O)=O)C1CCCCC1)N(C)C(=O)OC(C)(C)C. The van der Waals surface area contributed by atoms with Crippen LogP contribution in [0.2, 0.25) is 0 Å². The normalized spacial score (nSPS) is 26.4. The summed E-state index contributed by atoms with van der Waals surface area (Å²) in [6, 6.07) is -3.25. The molecular weight excluding hydrogens is 516 g/mol. The maximum absolute atomic E-state index is 14.0. The van der Waals surface area contributed by atoms with Crippen molar-refractivity contribution in [3.05, 3.63) is 0 Å². The van der Waals surface area contributed by atoms with Crippen molar-refractivity contribution in [1.82, 2.24) is 19.4 Å². The topological polar surface area (TPSA) is 154 Å². The van der Waals surface area contributed by atoms with Crippen LogP contribution in [0.3, 0.4) is 0 Å². The first kappa shape index (κ1) is 30.1. The molecule has 5 atom stereocenters. The number of likely N-dealkylation sites (tertiary alicyclic amines) is 1. The molecule has 0 aromatic rings. The van der Waals surface area contributed by atoms with Gasteiger partial charge in [-0.3, -0.25) is 19.3 Å². The third-order valence-electron chi connectivity index (χ3n) is 7.93. The van der Waals surface area contributed by atoms with Crippen molar-refractivity contribution in [2.45, 2.75) is 96.0 Å². The molecule has 216 valence electrons. The third kappa shape index (κ3) is 6.59. The molecule has 3 rings (SSSR count). The number of ether oxygens (including phenoxy) is 1. The highest BCUT2D eigenvalue weighted by Crippen LogP contribution is 2.38. The zero-order valence-corrected chi connectivity index (χ0v) is 24.0. The van der Waals surface area contributed by atoms with Crippen LogP contribution in [0.5, 0.6) is 0 Å². The molecule has 3 aliphatic rings. The summed E-state index contributed by atoms with van der Waals surface area (Å²) in [5, 5.41) is 12.7. The molecule has 0 spiro atoms. The first-order valence-electron chi connectivity index (χ1n) is 13.3. The van der Waals surface area contributed by atoms with Gasteiger partial charge in [0.05, 0.1) is 18.2 Å². The van der Waals surface area contributed by atoms with E-state index in [1.807, 2.05) is 0 Å². The average Bonchev–Trinajstić information content (AvgIpc) is 3.40. The maximum atomic E-state index is 14.0. The van der Waals surface area contributed by atoms with Crippen LogP contribution in [0.15, 0.2) is 0 Å². The van der Waals surface area contributed by atoms with Gasteiger partial charge in [0, 0.05) is 26.2 Å². The fourth-order valence-corrected chi connectivity index (χ4v) is 7.02. The highest BCUT2D eigenvalue weighted by Gasteiger charge is 2.56. The Labute approximate surface area is 225 Å². The molecule has 12 nitrogen and oxygen atoms in total. The summed E-state index contributed by atoms with van der Waals surface area (Å²) in [7, 11) is -2.21. The molecule has 13 heteroatoms. The molecule has 1 saturated carbocycles. The standard InChI is InChI=1S/C25H42N4O8S/c1-15(27(5)24(34)37-25(2,3)4)21(30)26-19(16-10-8-7-9-11-16)22(31)28-13-12-18-20(28)17(23(32)33)14-29(18)38(6,35)36/h15-20H,7-14H2,1-6H3,(H,26,30)(H,32,33)/t15-,17-,18+,19-,20+/m0/s1. The number of fused-ring (bicyclic) bond motifs is 1. The first-order valence-corrected chi connectivity index (χ1v) is 15.1. The van der Waals surface area contributed by atoms with Crippen molar-refractivity contribution < 1.29 is 37.4 Å². The second-order valence-electron chi connectivity index (χ2n) is 11.8. The molecule has 3 amide bonds. The van der Waals surface area contributed by atoms with Gasteiger partial charge in [0.1, 0.15) is 17.7 Å². The van der Waals surface area contributed by atoms with Gasteiger partial charge in [-0.25, -0.2) is 13.2 Å². The number of amides is 3. The van der Waals surface area contributed by atoms with Crippen molar-refractivity contribution in [3.8, 4) is 0 Å². The Kier molecular flexibility index (Phi) is 9.02. The van der Waals surface area contributed by atoms with Crippen LogP contribution in [0.25, 0.3) is 0 Å². The van der Waals surface area contributed by atoms with Crippen LogP contribution in [0.4, 0.5) is 4.79 Å². The molecule has 2 N–H and O–H groups in total. The summed E-state index contributed by atoms with van der Waals surface area (Å²) < 4.78 is 31.3. The minimum atomic E-state index is -3.66. The lowest BCUT2D eigenvalue weighted by atomic mass is 9.83. The van der Waals surface area contributed by atoms with Crippen LogP contribution in [-0.4, -0.2) is 108 Å². The predicted octanol–water partition coefficient (Wildman–Crippen LogP) is 1.25. The van der Waals surface area contributed by atoms with Crippen LogP contribution in [0, 0.1) is 11.8 Å². The van der Waals surface area contributed by atoms with Gasteiger partial charge in [-0.2, -0.15) is 4.31 Å². The number of nitrogens with one attached hydrogen (secondary N) is 1. The smallest absolute Gasteiger partial charge is 0.410 e. The predicted molar refractivity (Wildman–Crippen MR) is 139 cm³/mol. The lowest BCUT2D eigenvalue weighted by Crippen LogP contribution is -2.58. The molecule has 0 unspecified atom stereocenters. The van der Waals surface area contributed by atoms with E-state index >= 15 is 0 Å². The number of rotatable bonds is 7. The van der Waals surface area contributed by atoms with E-state index in [0.29, 0.717) is 6.42 Å². The molecule has 2 saturated heterocycles. The molecule has 0 radical (unpaired) electrons. The number of likely N-dealkylation sites (N-methyl/N-ethyl adjacent to an activating group) is 1. The second kappa shape index (κ2) is 11.4. The van der Waals surface area contributed by atoms with Gasteiger partial charge in [-0.1, -0.05) is 19.3 Å². The molecule has 1 aliphatic carbocycles. The van der Waals surface area contributed by atoms with E-state index in [4.69, 9.17) is 4.74 Å². The molecule has 38 heavy (non-hydrogen) atoms. The molecule has 0 aromatic heterocycles. The zero-order valence-electron chi connectivity index (χ0n) is 23.2. The Bertz CT molecular complexity index is 1040. The maximum Gasteiger partial charge on any atom is 0.410 e. The van der Waals surface area contributed by atoms with E-state index in [0.717, 1.165) is 38.4 Å². The van der Waals surface area contributed by atoms with Gasteiger partial charge in [0.2, 0.25) is 21.8 Å². The minimum absolute atomic E-state index is 0.144. The Morgan fingerprint density at radius 2 is 1.68 bits per heavy atom. The number of carboxylic acid groups (broad SMARTS) is 1. The summed E-state index contributed by atoms with van der Waals surface area (Å²) in [6.45, 7) is 6.74. The Morgan fingerprint density at radius 3 is 2.21 bits per heavy atom. The van der Waals surface area contributed by atoms with Gasteiger partial charge < -0.3 is 20.1 Å².